The van der Waals surface area contributed by atoms with Crippen LogP contribution in [0.25, 0.3) is 0 Å². The fourth-order valence-corrected chi connectivity index (χ4v) is 5.22. The average Bonchev–Trinajstić information content (AvgIpc) is 2.75. The molecule has 1 aliphatic rings. The second kappa shape index (κ2) is 10.6. The van der Waals surface area contributed by atoms with E-state index in [4.69, 9.17) is 27.9 Å². The molecule has 0 saturated carbocycles. The maximum Gasteiger partial charge on any atom is 0.318 e. The molecule has 1 aromatic carbocycles. The summed E-state index contributed by atoms with van der Waals surface area (Å²) >= 11 is 12.4. The van der Waals surface area contributed by atoms with Gasteiger partial charge in [-0.05, 0) is 51.1 Å². The quantitative estimate of drug-likeness (QED) is 0.564. The Kier molecular flexibility index (Phi) is 8.14. The van der Waals surface area contributed by atoms with E-state index in [2.05, 4.69) is 9.88 Å². The number of anilines is 1. The molecule has 1 aromatic heterocycles. The molecule has 3 atom stereocenters. The van der Waals surface area contributed by atoms with E-state index in [1.54, 1.807) is 30.2 Å². The molecule has 0 spiro atoms. The van der Waals surface area contributed by atoms with Crippen LogP contribution in [0.5, 0.6) is 0 Å². The Labute approximate surface area is 200 Å². The highest BCUT2D eigenvalue weighted by Crippen LogP contribution is 2.27. The first-order valence-corrected chi connectivity index (χ1v) is 12.3. The standard InChI is InChI=1S/C22H25Cl2N3O4S/c1-4-31-21(28)13-32(30)19-6-5-16(11-18(19)24)22(29)27-10-9-26(14(2)15(27)3)20-12-17(23)7-8-25-20/h5-8,11-12,14-15H,4,9-10,13H2,1-3H3/t14?,15-,32?/m0/s1. The van der Waals surface area contributed by atoms with Crippen LogP contribution in [-0.4, -0.2) is 63.5 Å². The Morgan fingerprint density at radius 2 is 1.91 bits per heavy atom. The van der Waals surface area contributed by atoms with E-state index < -0.39 is 16.8 Å². The van der Waals surface area contributed by atoms with Crippen molar-refractivity contribution in [3.63, 3.8) is 0 Å². The predicted molar refractivity (Wildman–Crippen MR) is 126 cm³/mol. The van der Waals surface area contributed by atoms with Gasteiger partial charge in [0.05, 0.1) is 27.3 Å². The van der Waals surface area contributed by atoms with Gasteiger partial charge in [-0.2, -0.15) is 0 Å². The first-order chi connectivity index (χ1) is 15.2. The topological polar surface area (TPSA) is 79.8 Å². The summed E-state index contributed by atoms with van der Waals surface area (Å²) in [6.07, 6.45) is 1.67. The van der Waals surface area contributed by atoms with Gasteiger partial charge in [0.2, 0.25) is 0 Å². The van der Waals surface area contributed by atoms with Gasteiger partial charge < -0.3 is 14.5 Å². The first-order valence-electron chi connectivity index (χ1n) is 10.3. The third-order valence-electron chi connectivity index (χ3n) is 5.50. The molecule has 0 radical (unpaired) electrons. The number of pyridine rings is 1. The smallest absolute Gasteiger partial charge is 0.318 e. The van der Waals surface area contributed by atoms with Crippen molar-refractivity contribution in [1.82, 2.24) is 9.88 Å². The lowest BCUT2D eigenvalue weighted by atomic mass is 10.0. The lowest BCUT2D eigenvalue weighted by Gasteiger charge is -2.45. The Hall–Kier alpha value is -2.16. The number of rotatable bonds is 6. The van der Waals surface area contributed by atoms with Gasteiger partial charge in [0.15, 0.2) is 0 Å². The van der Waals surface area contributed by atoms with Crippen molar-refractivity contribution in [2.24, 2.45) is 0 Å². The van der Waals surface area contributed by atoms with Crippen molar-refractivity contribution in [3.8, 4) is 0 Å². The van der Waals surface area contributed by atoms with Crippen molar-refractivity contribution in [2.75, 3.05) is 30.3 Å². The molecule has 7 nitrogen and oxygen atoms in total. The number of ether oxygens (including phenoxy) is 1. The van der Waals surface area contributed by atoms with Crippen LogP contribution in [0.3, 0.4) is 0 Å². The van der Waals surface area contributed by atoms with Crippen molar-refractivity contribution >= 4 is 51.7 Å². The van der Waals surface area contributed by atoms with Crippen molar-refractivity contribution in [2.45, 2.75) is 37.8 Å². The van der Waals surface area contributed by atoms with E-state index in [1.165, 1.54) is 12.1 Å². The second-order valence-corrected chi connectivity index (χ2v) is 9.71. The van der Waals surface area contributed by atoms with Crippen molar-refractivity contribution < 1.29 is 18.5 Å². The highest BCUT2D eigenvalue weighted by molar-refractivity contribution is 7.85. The van der Waals surface area contributed by atoms with E-state index in [-0.39, 0.29) is 35.4 Å². The van der Waals surface area contributed by atoms with Gasteiger partial charge in [0, 0.05) is 42.0 Å². The Balaban J connectivity index is 1.73. The fraction of sp³-hybridized carbons (Fsp3) is 0.409. The van der Waals surface area contributed by atoms with E-state index in [0.29, 0.717) is 28.6 Å². The number of halogens is 2. The summed E-state index contributed by atoms with van der Waals surface area (Å²) in [6.45, 7) is 7.05. The SMILES string of the molecule is CCOC(=O)CS(=O)c1ccc(C(=O)N2CCN(c3cc(Cl)ccn3)C(C)[C@@H]2C)cc1Cl. The van der Waals surface area contributed by atoms with Crippen LogP contribution in [0.2, 0.25) is 10.0 Å². The highest BCUT2D eigenvalue weighted by atomic mass is 35.5. The van der Waals surface area contributed by atoms with Gasteiger partial charge in [-0.15, -0.1) is 0 Å². The molecule has 2 heterocycles. The largest absolute Gasteiger partial charge is 0.465 e. The number of carbonyl (C=O) groups is 2. The number of esters is 1. The molecule has 10 heteroatoms. The molecule has 172 valence electrons. The number of carbonyl (C=O) groups excluding carboxylic acids is 2. The minimum atomic E-state index is -1.65. The van der Waals surface area contributed by atoms with Gasteiger partial charge >= 0.3 is 5.97 Å². The van der Waals surface area contributed by atoms with Gasteiger partial charge in [-0.1, -0.05) is 23.2 Å². The first kappa shape index (κ1) is 24.5. The summed E-state index contributed by atoms with van der Waals surface area (Å²) in [6, 6.07) is 8.10. The number of benzene rings is 1. The summed E-state index contributed by atoms with van der Waals surface area (Å²) in [4.78, 5) is 33.4. The number of piperazine rings is 1. The Bertz CT molecular complexity index is 1040. The zero-order chi connectivity index (χ0) is 23.4. The minimum Gasteiger partial charge on any atom is -0.465 e. The summed E-state index contributed by atoms with van der Waals surface area (Å²) in [5.74, 6) is -0.223. The molecule has 0 bridgehead atoms. The van der Waals surface area contributed by atoms with Gasteiger partial charge in [0.25, 0.3) is 5.91 Å². The monoisotopic (exact) mass is 497 g/mol. The Morgan fingerprint density at radius 3 is 2.56 bits per heavy atom. The van der Waals surface area contributed by atoms with E-state index >= 15 is 0 Å². The highest BCUT2D eigenvalue weighted by Gasteiger charge is 2.34. The van der Waals surface area contributed by atoms with Crippen LogP contribution in [0.4, 0.5) is 5.82 Å². The maximum absolute atomic E-state index is 13.2. The maximum atomic E-state index is 13.2. The molecule has 3 rings (SSSR count). The molecule has 1 fully saturated rings. The number of amides is 1. The molecule has 0 N–H and O–H groups in total. The summed E-state index contributed by atoms with van der Waals surface area (Å²) in [7, 11) is -1.65. The summed E-state index contributed by atoms with van der Waals surface area (Å²) in [5.41, 5.74) is 0.403. The van der Waals surface area contributed by atoms with Crippen molar-refractivity contribution in [1.29, 1.82) is 0 Å². The van der Waals surface area contributed by atoms with Gasteiger partial charge in [-0.3, -0.25) is 13.8 Å². The number of nitrogens with zero attached hydrogens (tertiary/aromatic N) is 3. The fourth-order valence-electron chi connectivity index (χ4n) is 3.68. The molecule has 1 aliphatic heterocycles. The van der Waals surface area contributed by atoms with Gasteiger partial charge in [0.1, 0.15) is 11.6 Å². The molecule has 2 aromatic rings. The second-order valence-electron chi connectivity index (χ2n) is 7.45. The third-order valence-corrected chi connectivity index (χ3v) is 7.51. The molecular weight excluding hydrogens is 473 g/mol. The number of hydrogen-bond donors (Lipinski definition) is 0. The molecule has 0 aliphatic carbocycles. The molecule has 1 saturated heterocycles. The van der Waals surface area contributed by atoms with Crippen LogP contribution >= 0.6 is 23.2 Å². The molecule has 2 unspecified atom stereocenters. The molecule has 1 amide bonds. The Morgan fingerprint density at radius 1 is 1.16 bits per heavy atom. The van der Waals surface area contributed by atoms with Gasteiger partial charge in [-0.25, -0.2) is 4.98 Å². The lowest BCUT2D eigenvalue weighted by Crippen LogP contribution is -2.59. The number of hydrogen-bond acceptors (Lipinski definition) is 6. The molecular formula is C22H25Cl2N3O4S. The zero-order valence-electron chi connectivity index (χ0n) is 18.1. The predicted octanol–water partition coefficient (Wildman–Crippen LogP) is 3.80. The van der Waals surface area contributed by atoms with E-state index in [1.807, 2.05) is 19.9 Å². The zero-order valence-corrected chi connectivity index (χ0v) is 20.4. The lowest BCUT2D eigenvalue weighted by molar-refractivity contribution is -0.139. The van der Waals surface area contributed by atoms with Crippen LogP contribution in [0.1, 0.15) is 31.1 Å². The number of aromatic nitrogens is 1. The summed E-state index contributed by atoms with van der Waals surface area (Å²) < 4.78 is 17.3. The summed E-state index contributed by atoms with van der Waals surface area (Å²) in [5, 5.41) is 0.796. The molecule has 32 heavy (non-hydrogen) atoms. The minimum absolute atomic E-state index is 0.0190. The van der Waals surface area contributed by atoms with E-state index in [9.17, 15) is 13.8 Å². The normalized spacial score (nSPS) is 19.5. The van der Waals surface area contributed by atoms with Crippen LogP contribution < -0.4 is 4.90 Å². The third kappa shape index (κ3) is 5.42. The van der Waals surface area contributed by atoms with Crippen LogP contribution in [0.15, 0.2) is 41.4 Å². The van der Waals surface area contributed by atoms with Crippen LogP contribution in [-0.2, 0) is 20.3 Å². The van der Waals surface area contributed by atoms with E-state index in [0.717, 1.165) is 5.82 Å². The van der Waals surface area contributed by atoms with Crippen LogP contribution in [0, 0.1) is 0 Å². The van der Waals surface area contributed by atoms with Crippen molar-refractivity contribution in [3.05, 3.63) is 52.1 Å². The average molecular weight is 498 g/mol.